The van der Waals surface area contributed by atoms with E-state index in [1.807, 2.05) is 42.5 Å². The van der Waals surface area contributed by atoms with Gasteiger partial charge < -0.3 is 15.1 Å². The number of aromatic nitrogens is 1. The van der Waals surface area contributed by atoms with Gasteiger partial charge in [0.15, 0.2) is 0 Å². The standard InChI is InChI=1S/C22H24N4O3/c27-20(15-25-12-10-16-5-1-2-7-19(16)22(25)29)24-18-13-26(14-18)21(28)9-8-17-6-3-4-11-23-17/h1-7,11,18H,8-10,12-15H2,(H,24,27). The van der Waals surface area contributed by atoms with Gasteiger partial charge in [0.05, 0.1) is 12.6 Å². The van der Waals surface area contributed by atoms with Crippen LogP contribution in [0.15, 0.2) is 48.7 Å². The normalized spacial score (nSPS) is 16.2. The van der Waals surface area contributed by atoms with Gasteiger partial charge in [-0.05, 0) is 36.6 Å². The maximum absolute atomic E-state index is 12.5. The number of rotatable bonds is 6. The lowest BCUT2D eigenvalue weighted by Crippen LogP contribution is -2.62. The molecule has 1 aromatic carbocycles. The molecule has 150 valence electrons. The lowest BCUT2D eigenvalue weighted by Gasteiger charge is -2.40. The molecule has 0 saturated carbocycles. The summed E-state index contributed by atoms with van der Waals surface area (Å²) in [7, 11) is 0. The van der Waals surface area contributed by atoms with Gasteiger partial charge in [-0.15, -0.1) is 0 Å². The third-order valence-electron chi connectivity index (χ3n) is 5.44. The van der Waals surface area contributed by atoms with E-state index in [1.54, 1.807) is 16.0 Å². The first-order chi connectivity index (χ1) is 14.1. The molecule has 29 heavy (non-hydrogen) atoms. The van der Waals surface area contributed by atoms with Crippen LogP contribution in [-0.4, -0.2) is 64.7 Å². The van der Waals surface area contributed by atoms with E-state index in [1.165, 1.54) is 0 Å². The van der Waals surface area contributed by atoms with Crippen molar-refractivity contribution >= 4 is 17.7 Å². The van der Waals surface area contributed by atoms with Crippen LogP contribution in [0.2, 0.25) is 0 Å². The summed E-state index contributed by atoms with van der Waals surface area (Å²) < 4.78 is 0. The Kier molecular flexibility index (Phi) is 5.55. The van der Waals surface area contributed by atoms with Crippen LogP contribution in [0, 0.1) is 0 Å². The molecule has 0 spiro atoms. The van der Waals surface area contributed by atoms with Gasteiger partial charge in [-0.25, -0.2) is 0 Å². The number of pyridine rings is 1. The molecule has 0 atom stereocenters. The third kappa shape index (κ3) is 4.45. The zero-order valence-corrected chi connectivity index (χ0v) is 16.2. The summed E-state index contributed by atoms with van der Waals surface area (Å²) >= 11 is 0. The van der Waals surface area contributed by atoms with E-state index in [0.29, 0.717) is 38.0 Å². The number of carbonyl (C=O) groups is 3. The minimum atomic E-state index is -0.177. The Morgan fingerprint density at radius 1 is 1.10 bits per heavy atom. The highest BCUT2D eigenvalue weighted by atomic mass is 16.2. The lowest BCUT2D eigenvalue weighted by atomic mass is 9.99. The molecule has 7 heteroatoms. The number of hydrogen-bond acceptors (Lipinski definition) is 4. The van der Waals surface area contributed by atoms with E-state index in [0.717, 1.165) is 17.7 Å². The van der Waals surface area contributed by atoms with Crippen LogP contribution in [0.1, 0.15) is 28.0 Å². The number of aryl methyl sites for hydroxylation is 1. The Hall–Kier alpha value is -3.22. The van der Waals surface area contributed by atoms with E-state index < -0.39 is 0 Å². The smallest absolute Gasteiger partial charge is 0.254 e. The van der Waals surface area contributed by atoms with Crippen molar-refractivity contribution in [2.75, 3.05) is 26.2 Å². The van der Waals surface area contributed by atoms with Crippen molar-refractivity contribution in [1.29, 1.82) is 0 Å². The molecule has 4 rings (SSSR count). The van der Waals surface area contributed by atoms with Crippen molar-refractivity contribution < 1.29 is 14.4 Å². The fraction of sp³-hybridized carbons (Fsp3) is 0.364. The van der Waals surface area contributed by atoms with Gasteiger partial charge in [-0.2, -0.15) is 0 Å². The molecule has 1 saturated heterocycles. The number of nitrogens with zero attached hydrogens (tertiary/aromatic N) is 3. The Bertz CT molecular complexity index is 909. The lowest BCUT2D eigenvalue weighted by molar-refractivity contribution is -0.138. The zero-order valence-electron chi connectivity index (χ0n) is 16.2. The summed E-state index contributed by atoms with van der Waals surface area (Å²) in [6.07, 6.45) is 3.52. The molecule has 1 fully saturated rings. The minimum absolute atomic E-state index is 0.0477. The second-order valence-corrected chi connectivity index (χ2v) is 7.52. The first kappa shape index (κ1) is 19.1. The average Bonchev–Trinajstić information content (AvgIpc) is 2.71. The molecule has 7 nitrogen and oxygen atoms in total. The number of carbonyl (C=O) groups excluding carboxylic acids is 3. The maximum Gasteiger partial charge on any atom is 0.254 e. The SMILES string of the molecule is O=C(CN1CCc2ccccc2C1=O)NC1CN(C(=O)CCc2ccccn2)C1. The topological polar surface area (TPSA) is 82.6 Å². The van der Waals surface area contributed by atoms with E-state index in [-0.39, 0.29) is 30.3 Å². The molecule has 0 radical (unpaired) electrons. The molecule has 2 aliphatic rings. The van der Waals surface area contributed by atoms with Crippen molar-refractivity contribution in [3.8, 4) is 0 Å². The van der Waals surface area contributed by atoms with Crippen LogP contribution in [0.25, 0.3) is 0 Å². The second-order valence-electron chi connectivity index (χ2n) is 7.52. The largest absolute Gasteiger partial charge is 0.348 e. The molecular formula is C22H24N4O3. The first-order valence-electron chi connectivity index (χ1n) is 9.94. The number of nitrogens with one attached hydrogen (secondary N) is 1. The van der Waals surface area contributed by atoms with Crippen LogP contribution in [0.4, 0.5) is 0 Å². The minimum Gasteiger partial charge on any atom is -0.348 e. The van der Waals surface area contributed by atoms with Gasteiger partial charge in [-0.3, -0.25) is 19.4 Å². The maximum atomic E-state index is 12.5. The number of hydrogen-bond donors (Lipinski definition) is 1. The number of likely N-dealkylation sites (tertiary alicyclic amines) is 1. The molecule has 1 N–H and O–H groups in total. The summed E-state index contributed by atoms with van der Waals surface area (Å²) in [6, 6.07) is 13.2. The Morgan fingerprint density at radius 3 is 2.69 bits per heavy atom. The second kappa shape index (κ2) is 8.43. The van der Waals surface area contributed by atoms with Crippen LogP contribution >= 0.6 is 0 Å². The van der Waals surface area contributed by atoms with Crippen LogP contribution in [-0.2, 0) is 22.4 Å². The number of benzene rings is 1. The predicted octanol–water partition coefficient (Wildman–Crippen LogP) is 1.04. The summed E-state index contributed by atoms with van der Waals surface area (Å²) in [5.41, 5.74) is 2.62. The molecular weight excluding hydrogens is 368 g/mol. The van der Waals surface area contributed by atoms with Crippen molar-refractivity contribution in [3.63, 3.8) is 0 Å². The molecule has 1 aromatic heterocycles. The van der Waals surface area contributed by atoms with Crippen LogP contribution in [0.5, 0.6) is 0 Å². The molecule has 3 heterocycles. The van der Waals surface area contributed by atoms with Crippen molar-refractivity contribution in [2.45, 2.75) is 25.3 Å². The monoisotopic (exact) mass is 392 g/mol. The molecule has 3 amide bonds. The Balaban J connectivity index is 1.19. The summed E-state index contributed by atoms with van der Waals surface area (Å²) in [5, 5.41) is 2.93. The Labute approximate surface area is 169 Å². The molecule has 0 aliphatic carbocycles. The van der Waals surface area contributed by atoms with E-state index in [2.05, 4.69) is 10.3 Å². The third-order valence-corrected chi connectivity index (χ3v) is 5.44. The van der Waals surface area contributed by atoms with E-state index >= 15 is 0 Å². The van der Waals surface area contributed by atoms with Crippen molar-refractivity contribution in [3.05, 3.63) is 65.5 Å². The van der Waals surface area contributed by atoms with E-state index in [4.69, 9.17) is 0 Å². The first-order valence-corrected chi connectivity index (χ1v) is 9.94. The summed E-state index contributed by atoms with van der Waals surface area (Å²) in [6.45, 7) is 1.64. The van der Waals surface area contributed by atoms with Gasteiger partial charge >= 0.3 is 0 Å². The molecule has 0 bridgehead atoms. The van der Waals surface area contributed by atoms with Gasteiger partial charge in [0.25, 0.3) is 5.91 Å². The number of amides is 3. The highest BCUT2D eigenvalue weighted by molar-refractivity contribution is 5.98. The highest BCUT2D eigenvalue weighted by Crippen LogP contribution is 2.18. The Morgan fingerprint density at radius 2 is 1.90 bits per heavy atom. The van der Waals surface area contributed by atoms with E-state index in [9.17, 15) is 14.4 Å². The molecule has 2 aliphatic heterocycles. The quantitative estimate of drug-likeness (QED) is 0.796. The van der Waals surface area contributed by atoms with Gasteiger partial charge in [0.2, 0.25) is 11.8 Å². The number of fused-ring (bicyclic) bond motifs is 1. The molecule has 2 aromatic rings. The zero-order chi connectivity index (χ0) is 20.2. The molecule has 0 unspecified atom stereocenters. The van der Waals surface area contributed by atoms with Gasteiger partial charge in [0, 0.05) is 43.5 Å². The van der Waals surface area contributed by atoms with Crippen LogP contribution in [0.3, 0.4) is 0 Å². The highest BCUT2D eigenvalue weighted by Gasteiger charge is 2.32. The van der Waals surface area contributed by atoms with Gasteiger partial charge in [-0.1, -0.05) is 24.3 Å². The van der Waals surface area contributed by atoms with Crippen LogP contribution < -0.4 is 5.32 Å². The summed E-state index contributed by atoms with van der Waals surface area (Å²) in [4.78, 5) is 44.7. The van der Waals surface area contributed by atoms with Crippen molar-refractivity contribution in [1.82, 2.24) is 20.1 Å². The fourth-order valence-electron chi connectivity index (χ4n) is 3.78. The summed E-state index contributed by atoms with van der Waals surface area (Å²) in [5.74, 6) is -0.200. The predicted molar refractivity (Wildman–Crippen MR) is 107 cm³/mol. The fourth-order valence-corrected chi connectivity index (χ4v) is 3.78. The van der Waals surface area contributed by atoms with Crippen molar-refractivity contribution in [2.24, 2.45) is 0 Å². The average molecular weight is 392 g/mol. The van der Waals surface area contributed by atoms with Gasteiger partial charge in [0.1, 0.15) is 0 Å².